The van der Waals surface area contributed by atoms with Gasteiger partial charge in [0.2, 0.25) is 0 Å². The molecule has 0 saturated carbocycles. The van der Waals surface area contributed by atoms with Crippen LogP contribution in [0.5, 0.6) is 11.5 Å². The highest BCUT2D eigenvalue weighted by Crippen LogP contribution is 2.28. The average Bonchev–Trinajstić information content (AvgIpc) is 2.33. The lowest BCUT2D eigenvalue weighted by Crippen LogP contribution is -2.10. The summed E-state index contributed by atoms with van der Waals surface area (Å²) in [5, 5.41) is 0. The maximum absolute atomic E-state index is 11.9. The van der Waals surface area contributed by atoms with E-state index in [1.54, 1.807) is 18.2 Å². The number of hydrogen-bond acceptors (Lipinski definition) is 3. The monoisotopic (exact) mass is 263 g/mol. The summed E-state index contributed by atoms with van der Waals surface area (Å²) in [4.78, 5) is 0. The van der Waals surface area contributed by atoms with Gasteiger partial charge in [-0.15, -0.1) is 0 Å². The number of hydrogen-bond donors (Lipinski definition) is 1. The average molecular weight is 263 g/mol. The normalized spacial score (nSPS) is 11.4. The van der Waals surface area contributed by atoms with Crippen molar-refractivity contribution in [1.82, 2.24) is 0 Å². The van der Waals surface area contributed by atoms with Crippen LogP contribution in [-0.4, -0.2) is 19.9 Å². The van der Waals surface area contributed by atoms with Crippen LogP contribution < -0.4 is 15.2 Å². The summed E-state index contributed by atoms with van der Waals surface area (Å²) in [5.41, 5.74) is 6.31. The maximum Gasteiger partial charge on any atom is 0.389 e. The highest BCUT2D eigenvalue weighted by Gasteiger charge is 2.26. The molecule has 0 atom stereocenters. The first-order valence-electron chi connectivity index (χ1n) is 5.53. The molecule has 0 aliphatic carbocycles. The first-order valence-corrected chi connectivity index (χ1v) is 5.53. The molecule has 0 aliphatic heterocycles. The second kappa shape index (κ2) is 6.49. The molecule has 6 heteroatoms. The largest absolute Gasteiger partial charge is 0.493 e. The summed E-state index contributed by atoms with van der Waals surface area (Å²) in [5.74, 6) is 0.904. The van der Waals surface area contributed by atoms with Gasteiger partial charge in [-0.2, -0.15) is 13.2 Å². The Balaban J connectivity index is 2.54. The fraction of sp³-hybridized carbons (Fsp3) is 0.500. The van der Waals surface area contributed by atoms with Gasteiger partial charge in [-0.05, 0) is 24.1 Å². The van der Waals surface area contributed by atoms with Crippen LogP contribution in [0.3, 0.4) is 0 Å². The van der Waals surface area contributed by atoms with Crippen molar-refractivity contribution in [3.05, 3.63) is 23.8 Å². The first kappa shape index (κ1) is 14.6. The van der Waals surface area contributed by atoms with Gasteiger partial charge in [0.25, 0.3) is 0 Å². The molecule has 0 aliphatic rings. The lowest BCUT2D eigenvalue weighted by Gasteiger charge is -2.12. The van der Waals surface area contributed by atoms with Crippen LogP contribution in [-0.2, 0) is 6.54 Å². The summed E-state index contributed by atoms with van der Waals surface area (Å²) < 4.78 is 46.2. The zero-order valence-electron chi connectivity index (χ0n) is 10.1. The number of nitrogens with two attached hydrogens (primary N) is 1. The molecule has 1 rings (SSSR count). The second-order valence-corrected chi connectivity index (χ2v) is 3.76. The van der Waals surface area contributed by atoms with Crippen LogP contribution in [0.4, 0.5) is 13.2 Å². The van der Waals surface area contributed by atoms with Crippen molar-refractivity contribution in [3.8, 4) is 11.5 Å². The van der Waals surface area contributed by atoms with Gasteiger partial charge in [0.1, 0.15) is 0 Å². The fourth-order valence-electron chi connectivity index (χ4n) is 1.42. The lowest BCUT2D eigenvalue weighted by atomic mass is 10.2. The van der Waals surface area contributed by atoms with Crippen molar-refractivity contribution in [2.75, 3.05) is 13.7 Å². The van der Waals surface area contributed by atoms with E-state index in [0.717, 1.165) is 5.56 Å². The Bertz CT molecular complexity index is 380. The van der Waals surface area contributed by atoms with Crippen molar-refractivity contribution in [3.63, 3.8) is 0 Å². The van der Waals surface area contributed by atoms with E-state index in [-0.39, 0.29) is 13.0 Å². The van der Waals surface area contributed by atoms with E-state index >= 15 is 0 Å². The molecular formula is C12H16F3NO2. The van der Waals surface area contributed by atoms with Crippen LogP contribution >= 0.6 is 0 Å². The molecule has 0 radical (unpaired) electrons. The molecule has 102 valence electrons. The number of rotatable bonds is 6. The molecule has 18 heavy (non-hydrogen) atoms. The van der Waals surface area contributed by atoms with Crippen LogP contribution in [0.1, 0.15) is 18.4 Å². The minimum absolute atomic E-state index is 0.0100. The quantitative estimate of drug-likeness (QED) is 0.803. The van der Waals surface area contributed by atoms with Gasteiger partial charge in [0, 0.05) is 13.0 Å². The zero-order valence-corrected chi connectivity index (χ0v) is 10.1. The molecule has 3 nitrogen and oxygen atoms in total. The van der Waals surface area contributed by atoms with E-state index in [9.17, 15) is 13.2 Å². The van der Waals surface area contributed by atoms with Gasteiger partial charge in [0.15, 0.2) is 11.5 Å². The number of ether oxygens (including phenoxy) is 2. The van der Waals surface area contributed by atoms with Gasteiger partial charge >= 0.3 is 6.18 Å². The van der Waals surface area contributed by atoms with Crippen LogP contribution in [0.15, 0.2) is 18.2 Å². The van der Waals surface area contributed by atoms with Crippen LogP contribution in [0, 0.1) is 0 Å². The Morgan fingerprint density at radius 1 is 1.22 bits per heavy atom. The Kier molecular flexibility index (Phi) is 5.27. The van der Waals surface area contributed by atoms with E-state index in [2.05, 4.69) is 0 Å². The Morgan fingerprint density at radius 3 is 2.50 bits per heavy atom. The standard InChI is InChI=1S/C12H16F3NO2/c1-17-10-4-3-9(8-16)7-11(10)18-6-2-5-12(13,14)15/h3-4,7H,2,5-6,8,16H2,1H3. The Labute approximate surface area is 104 Å². The number of benzene rings is 1. The molecule has 1 aromatic rings. The molecular weight excluding hydrogens is 247 g/mol. The predicted octanol–water partition coefficient (Wildman–Crippen LogP) is 2.88. The molecule has 0 saturated heterocycles. The lowest BCUT2D eigenvalue weighted by molar-refractivity contribution is -0.136. The van der Waals surface area contributed by atoms with E-state index in [1.807, 2.05) is 0 Å². The van der Waals surface area contributed by atoms with E-state index in [1.165, 1.54) is 7.11 Å². The zero-order chi connectivity index (χ0) is 13.6. The number of alkyl halides is 3. The van der Waals surface area contributed by atoms with Crippen molar-refractivity contribution < 1.29 is 22.6 Å². The van der Waals surface area contributed by atoms with E-state index in [4.69, 9.17) is 15.2 Å². The molecule has 2 N–H and O–H groups in total. The summed E-state index contributed by atoms with van der Waals surface area (Å²) >= 11 is 0. The summed E-state index contributed by atoms with van der Waals surface area (Å²) in [7, 11) is 1.47. The SMILES string of the molecule is COc1ccc(CN)cc1OCCCC(F)(F)F. The van der Waals surface area contributed by atoms with Crippen LogP contribution in [0.25, 0.3) is 0 Å². The van der Waals surface area contributed by atoms with Gasteiger partial charge in [0.05, 0.1) is 13.7 Å². The third-order valence-electron chi connectivity index (χ3n) is 2.33. The molecule has 0 heterocycles. The minimum atomic E-state index is -4.15. The van der Waals surface area contributed by atoms with Gasteiger partial charge in [-0.3, -0.25) is 0 Å². The molecule has 0 fully saturated rings. The topological polar surface area (TPSA) is 44.5 Å². The fourth-order valence-corrected chi connectivity index (χ4v) is 1.42. The molecule has 0 bridgehead atoms. The summed E-state index contributed by atoms with van der Waals surface area (Å²) in [6, 6.07) is 5.13. The number of halogens is 3. The van der Waals surface area contributed by atoms with Crippen LogP contribution in [0.2, 0.25) is 0 Å². The molecule has 0 amide bonds. The highest BCUT2D eigenvalue weighted by molar-refractivity contribution is 5.42. The minimum Gasteiger partial charge on any atom is -0.493 e. The molecule has 1 aromatic carbocycles. The van der Waals surface area contributed by atoms with Crippen molar-refractivity contribution in [2.24, 2.45) is 5.73 Å². The van der Waals surface area contributed by atoms with Crippen molar-refractivity contribution in [2.45, 2.75) is 25.6 Å². The van der Waals surface area contributed by atoms with E-state index in [0.29, 0.717) is 18.0 Å². The van der Waals surface area contributed by atoms with Crippen molar-refractivity contribution in [1.29, 1.82) is 0 Å². The molecule has 0 spiro atoms. The highest BCUT2D eigenvalue weighted by atomic mass is 19.4. The third kappa shape index (κ3) is 4.83. The number of methoxy groups -OCH3 is 1. The third-order valence-corrected chi connectivity index (χ3v) is 2.33. The van der Waals surface area contributed by atoms with Gasteiger partial charge in [-0.1, -0.05) is 6.07 Å². The molecule has 0 aromatic heterocycles. The summed E-state index contributed by atoms with van der Waals surface area (Å²) in [6.07, 6.45) is -5.09. The Hall–Kier alpha value is -1.43. The smallest absolute Gasteiger partial charge is 0.389 e. The summed E-state index contributed by atoms with van der Waals surface area (Å²) in [6.45, 7) is 0.326. The van der Waals surface area contributed by atoms with E-state index < -0.39 is 12.6 Å². The van der Waals surface area contributed by atoms with Gasteiger partial charge in [-0.25, -0.2) is 0 Å². The second-order valence-electron chi connectivity index (χ2n) is 3.76. The van der Waals surface area contributed by atoms with Crippen molar-refractivity contribution >= 4 is 0 Å². The molecule has 0 unspecified atom stereocenters. The predicted molar refractivity (Wildman–Crippen MR) is 61.7 cm³/mol. The first-order chi connectivity index (χ1) is 8.46. The maximum atomic E-state index is 11.9. The van der Waals surface area contributed by atoms with Gasteiger partial charge < -0.3 is 15.2 Å². The Morgan fingerprint density at radius 2 is 1.94 bits per heavy atom.